The molecule has 9 heteroatoms. The summed E-state index contributed by atoms with van der Waals surface area (Å²) >= 11 is 1.53. The monoisotopic (exact) mass is 303 g/mol. The van der Waals surface area contributed by atoms with Gasteiger partial charge < -0.3 is 11.1 Å². The Hall–Kier alpha value is -1.90. The number of nitrogens with zero attached hydrogens (tertiary/aromatic N) is 3. The Morgan fingerprint density at radius 2 is 2.05 bits per heavy atom. The number of nitrogens with one attached hydrogen (secondary N) is 1. The van der Waals surface area contributed by atoms with Crippen LogP contribution in [0.2, 0.25) is 0 Å². The number of nitrogens with two attached hydrogens (primary N) is 1. The first-order valence-corrected chi connectivity index (χ1v) is 6.59. The fourth-order valence-corrected chi connectivity index (χ4v) is 2.17. The first kappa shape index (κ1) is 14.5. The quantitative estimate of drug-likeness (QED) is 0.907. The molecule has 0 atom stereocenters. The van der Waals surface area contributed by atoms with E-state index in [0.29, 0.717) is 13.0 Å². The lowest BCUT2D eigenvalue weighted by Crippen LogP contribution is -2.15. The second kappa shape index (κ2) is 5.61. The maximum atomic E-state index is 12.5. The van der Waals surface area contributed by atoms with Crippen molar-refractivity contribution in [2.75, 3.05) is 17.6 Å². The van der Waals surface area contributed by atoms with E-state index in [2.05, 4.69) is 20.3 Å². The summed E-state index contributed by atoms with van der Waals surface area (Å²) in [4.78, 5) is 10.8. The van der Waals surface area contributed by atoms with Gasteiger partial charge in [0.1, 0.15) is 11.6 Å². The molecule has 0 amide bonds. The molecule has 0 aliphatic heterocycles. The normalized spacial score (nSPS) is 11.6. The highest BCUT2D eigenvalue weighted by molar-refractivity contribution is 7.09. The number of aromatic nitrogens is 3. The molecule has 0 saturated heterocycles. The molecule has 0 fully saturated rings. The second-order valence-electron chi connectivity index (χ2n) is 4.03. The van der Waals surface area contributed by atoms with E-state index >= 15 is 0 Å². The van der Waals surface area contributed by atoms with E-state index in [0.717, 1.165) is 10.7 Å². The van der Waals surface area contributed by atoms with Gasteiger partial charge in [-0.05, 0) is 6.92 Å². The smallest absolute Gasteiger partial charge is 0.384 e. The van der Waals surface area contributed by atoms with Crippen LogP contribution in [-0.4, -0.2) is 21.5 Å². The first-order valence-electron chi connectivity index (χ1n) is 5.71. The highest BCUT2D eigenvalue weighted by Crippen LogP contribution is 2.27. The van der Waals surface area contributed by atoms with Gasteiger partial charge >= 0.3 is 6.18 Å². The lowest BCUT2D eigenvalue weighted by Gasteiger charge is -2.09. The van der Waals surface area contributed by atoms with Crippen LogP contribution in [0.4, 0.5) is 24.8 Å². The Labute approximate surface area is 117 Å². The summed E-state index contributed by atoms with van der Waals surface area (Å²) in [5, 5.41) is 5.65. The Balaban J connectivity index is 2.00. The standard InChI is InChI=1S/C11H12F3N5S/c1-6-17-7(5-20-6)2-3-16-9-4-8(15)18-10(19-9)11(12,13)14/h4-5H,2-3H2,1H3,(H3,15,16,18,19). The van der Waals surface area contributed by atoms with Crippen LogP contribution in [0, 0.1) is 6.92 Å². The molecule has 0 aromatic carbocycles. The summed E-state index contributed by atoms with van der Waals surface area (Å²) in [6.07, 6.45) is -4.02. The molecule has 3 N–H and O–H groups in total. The van der Waals surface area contributed by atoms with E-state index in [1.165, 1.54) is 17.4 Å². The average molecular weight is 303 g/mol. The maximum Gasteiger partial charge on any atom is 0.451 e. The summed E-state index contributed by atoms with van der Waals surface area (Å²) in [5.74, 6) is -1.42. The van der Waals surface area contributed by atoms with E-state index in [4.69, 9.17) is 5.73 Å². The number of thiazole rings is 1. The van der Waals surface area contributed by atoms with Crippen molar-refractivity contribution in [1.29, 1.82) is 0 Å². The zero-order valence-corrected chi connectivity index (χ0v) is 11.3. The largest absolute Gasteiger partial charge is 0.451 e. The molecule has 2 aromatic rings. The van der Waals surface area contributed by atoms with Gasteiger partial charge in [-0.25, -0.2) is 15.0 Å². The third-order valence-electron chi connectivity index (χ3n) is 2.35. The molecule has 108 valence electrons. The van der Waals surface area contributed by atoms with Crippen molar-refractivity contribution in [3.8, 4) is 0 Å². The van der Waals surface area contributed by atoms with E-state index < -0.39 is 12.0 Å². The highest BCUT2D eigenvalue weighted by atomic mass is 32.1. The summed E-state index contributed by atoms with van der Waals surface area (Å²) in [6.45, 7) is 2.30. The van der Waals surface area contributed by atoms with Crippen LogP contribution in [0.1, 0.15) is 16.5 Å². The fourth-order valence-electron chi connectivity index (χ4n) is 1.53. The Kier molecular flexibility index (Phi) is 4.07. The third kappa shape index (κ3) is 3.80. The Morgan fingerprint density at radius 1 is 1.30 bits per heavy atom. The van der Waals surface area contributed by atoms with Gasteiger partial charge in [0.15, 0.2) is 0 Å². The molecule has 2 heterocycles. The van der Waals surface area contributed by atoms with Crippen molar-refractivity contribution in [2.45, 2.75) is 19.5 Å². The number of nitrogen functional groups attached to an aromatic ring is 1. The minimum atomic E-state index is -4.61. The Morgan fingerprint density at radius 3 is 2.65 bits per heavy atom. The number of hydrogen-bond acceptors (Lipinski definition) is 6. The lowest BCUT2D eigenvalue weighted by atomic mass is 10.3. The average Bonchev–Trinajstić information content (AvgIpc) is 2.73. The van der Waals surface area contributed by atoms with Crippen molar-refractivity contribution in [3.05, 3.63) is 28.0 Å². The molecule has 0 radical (unpaired) electrons. The molecule has 0 saturated carbocycles. The SMILES string of the molecule is Cc1nc(CCNc2cc(N)nc(C(F)(F)F)n2)cs1. The molecule has 0 aliphatic carbocycles. The topological polar surface area (TPSA) is 76.7 Å². The van der Waals surface area contributed by atoms with E-state index in [1.54, 1.807) is 0 Å². The van der Waals surface area contributed by atoms with Crippen molar-refractivity contribution >= 4 is 23.0 Å². The first-order chi connectivity index (χ1) is 9.34. The molecule has 0 aliphatic rings. The van der Waals surface area contributed by atoms with Crippen LogP contribution in [0.15, 0.2) is 11.4 Å². The summed E-state index contributed by atoms with van der Waals surface area (Å²) in [7, 11) is 0. The molecule has 0 spiro atoms. The van der Waals surface area contributed by atoms with Gasteiger partial charge in [0.2, 0.25) is 5.82 Å². The molecule has 0 unspecified atom stereocenters. The molecular formula is C11H12F3N5S. The zero-order valence-electron chi connectivity index (χ0n) is 10.5. The molecule has 2 aromatic heterocycles. The number of halogens is 3. The van der Waals surface area contributed by atoms with Crippen LogP contribution in [-0.2, 0) is 12.6 Å². The van der Waals surface area contributed by atoms with Crippen molar-refractivity contribution in [2.24, 2.45) is 0 Å². The summed E-state index contributed by atoms with van der Waals surface area (Å²) in [6, 6.07) is 1.27. The summed E-state index contributed by atoms with van der Waals surface area (Å²) in [5.41, 5.74) is 6.23. The van der Waals surface area contributed by atoms with Crippen LogP contribution < -0.4 is 11.1 Å². The summed E-state index contributed by atoms with van der Waals surface area (Å²) < 4.78 is 37.6. The van der Waals surface area contributed by atoms with E-state index in [-0.39, 0.29) is 11.6 Å². The van der Waals surface area contributed by atoms with Crippen molar-refractivity contribution < 1.29 is 13.2 Å². The number of aryl methyl sites for hydroxylation is 1. The zero-order chi connectivity index (χ0) is 14.8. The molecule has 2 rings (SSSR count). The fraction of sp³-hybridized carbons (Fsp3) is 0.364. The van der Waals surface area contributed by atoms with Crippen LogP contribution in [0.3, 0.4) is 0 Å². The molecule has 20 heavy (non-hydrogen) atoms. The number of alkyl halides is 3. The predicted molar refractivity (Wildman–Crippen MR) is 70.5 cm³/mol. The van der Waals surface area contributed by atoms with Gasteiger partial charge in [0.25, 0.3) is 0 Å². The number of anilines is 2. The number of hydrogen-bond donors (Lipinski definition) is 2. The predicted octanol–water partition coefficient (Wildman–Crippen LogP) is 2.50. The number of rotatable bonds is 4. The molecule has 5 nitrogen and oxygen atoms in total. The van der Waals surface area contributed by atoms with Crippen molar-refractivity contribution in [1.82, 2.24) is 15.0 Å². The lowest BCUT2D eigenvalue weighted by molar-refractivity contribution is -0.144. The van der Waals surface area contributed by atoms with Crippen LogP contribution in [0.25, 0.3) is 0 Å². The minimum absolute atomic E-state index is 0.0526. The van der Waals surface area contributed by atoms with Gasteiger partial charge in [0, 0.05) is 24.4 Å². The van der Waals surface area contributed by atoms with Gasteiger partial charge in [-0.3, -0.25) is 0 Å². The van der Waals surface area contributed by atoms with E-state index in [1.807, 2.05) is 12.3 Å². The van der Waals surface area contributed by atoms with Crippen LogP contribution >= 0.6 is 11.3 Å². The van der Waals surface area contributed by atoms with Gasteiger partial charge in [-0.15, -0.1) is 11.3 Å². The van der Waals surface area contributed by atoms with Gasteiger partial charge in [-0.2, -0.15) is 13.2 Å². The molecular weight excluding hydrogens is 291 g/mol. The highest BCUT2D eigenvalue weighted by Gasteiger charge is 2.35. The minimum Gasteiger partial charge on any atom is -0.384 e. The Bertz CT molecular complexity index is 596. The molecule has 0 bridgehead atoms. The van der Waals surface area contributed by atoms with Crippen molar-refractivity contribution in [3.63, 3.8) is 0 Å². The van der Waals surface area contributed by atoms with Gasteiger partial charge in [-0.1, -0.05) is 0 Å². The van der Waals surface area contributed by atoms with Gasteiger partial charge in [0.05, 0.1) is 10.7 Å². The maximum absolute atomic E-state index is 12.5. The second-order valence-corrected chi connectivity index (χ2v) is 5.10. The van der Waals surface area contributed by atoms with E-state index in [9.17, 15) is 13.2 Å². The van der Waals surface area contributed by atoms with Crippen LogP contribution in [0.5, 0.6) is 0 Å². The third-order valence-corrected chi connectivity index (χ3v) is 3.18.